The summed E-state index contributed by atoms with van der Waals surface area (Å²) in [5.41, 5.74) is 0.242. The first-order valence-electron chi connectivity index (χ1n) is 12.3. The number of carbonyl (C=O) groups is 2. The third kappa shape index (κ3) is 4.33. The number of thioether (sulfide) groups is 1. The molecule has 4 unspecified atom stereocenters. The summed E-state index contributed by atoms with van der Waals surface area (Å²) in [6.07, 6.45) is 9.86. The van der Waals surface area contributed by atoms with Crippen LogP contribution in [0.25, 0.3) is 0 Å². The monoisotopic (exact) mass is 452 g/mol. The molecule has 4 rings (SSSR count). The van der Waals surface area contributed by atoms with E-state index in [2.05, 4.69) is 13.8 Å². The van der Waals surface area contributed by atoms with Crippen molar-refractivity contribution in [3.8, 4) is 0 Å². The van der Waals surface area contributed by atoms with Crippen LogP contribution in [0.1, 0.15) is 78.6 Å². The molecule has 0 aromatic rings. The number of esters is 1. The lowest BCUT2D eigenvalue weighted by molar-refractivity contribution is -0.169. The van der Waals surface area contributed by atoms with Crippen LogP contribution < -0.4 is 0 Å². The van der Waals surface area contributed by atoms with Gasteiger partial charge < -0.3 is 19.4 Å². The molecule has 6 heteroatoms. The molecule has 0 aromatic carbocycles. The summed E-state index contributed by atoms with van der Waals surface area (Å²) in [5, 5.41) is 11.7. The van der Waals surface area contributed by atoms with E-state index < -0.39 is 0 Å². The topological polar surface area (TPSA) is 72.8 Å². The van der Waals surface area contributed by atoms with E-state index in [4.69, 9.17) is 9.47 Å². The van der Waals surface area contributed by atoms with Crippen molar-refractivity contribution in [2.45, 2.75) is 102 Å². The highest BCUT2D eigenvalue weighted by Gasteiger charge is 2.63. The molecular weight excluding hydrogens is 412 g/mol. The summed E-state index contributed by atoms with van der Waals surface area (Å²) in [4.78, 5) is 22.1. The lowest BCUT2D eigenvalue weighted by Gasteiger charge is -2.61. The van der Waals surface area contributed by atoms with Gasteiger partial charge in [0.25, 0.3) is 0 Å². The van der Waals surface area contributed by atoms with E-state index in [0.717, 1.165) is 63.6 Å². The number of fused-ring (bicyclic) bond motifs is 5. The Kier molecular flexibility index (Phi) is 7.10. The average molecular weight is 453 g/mol. The van der Waals surface area contributed by atoms with Crippen molar-refractivity contribution in [2.75, 3.05) is 12.4 Å². The Morgan fingerprint density at radius 1 is 1.16 bits per heavy atom. The summed E-state index contributed by atoms with van der Waals surface area (Å²) in [7, 11) is 0. The largest absolute Gasteiger partial charge is 0.461 e. The fraction of sp³-hybridized carbons (Fsp3) is 0.920. The average Bonchev–Trinajstić information content (AvgIpc) is 3.04. The van der Waals surface area contributed by atoms with E-state index in [0.29, 0.717) is 35.5 Å². The molecule has 5 nitrogen and oxygen atoms in total. The molecule has 1 aliphatic heterocycles. The number of unbranched alkanes of at least 4 members (excludes halogenated alkanes) is 2. The van der Waals surface area contributed by atoms with Gasteiger partial charge in [0.05, 0.1) is 12.2 Å². The van der Waals surface area contributed by atoms with E-state index in [1.165, 1.54) is 13.3 Å². The highest BCUT2D eigenvalue weighted by molar-refractivity contribution is 8.00. The van der Waals surface area contributed by atoms with Crippen LogP contribution in [-0.4, -0.2) is 53.3 Å². The minimum Gasteiger partial charge on any atom is -0.461 e. The van der Waals surface area contributed by atoms with E-state index in [1.807, 2.05) is 11.8 Å². The van der Waals surface area contributed by atoms with Crippen molar-refractivity contribution < 1.29 is 24.2 Å². The van der Waals surface area contributed by atoms with Gasteiger partial charge in [-0.2, -0.15) is 11.8 Å². The highest BCUT2D eigenvalue weighted by atomic mass is 32.2. The van der Waals surface area contributed by atoms with Crippen LogP contribution in [-0.2, 0) is 19.1 Å². The van der Waals surface area contributed by atoms with Gasteiger partial charge in [-0.15, -0.1) is 0 Å². The van der Waals surface area contributed by atoms with Gasteiger partial charge >= 0.3 is 5.97 Å². The molecule has 3 saturated carbocycles. The molecule has 176 valence electrons. The SMILES string of the molecule is CC(=O)O[C@H]1CSC2C3C(CC[C@@]21C)[C@@]1(C)CC[C@H](OCCCCC=O)CC1C[C@@H]3O. The second-order valence-corrected chi connectivity index (χ2v) is 12.2. The summed E-state index contributed by atoms with van der Waals surface area (Å²) in [6.45, 7) is 7.02. The molecule has 1 heterocycles. The Hall–Kier alpha value is -0.590. The highest BCUT2D eigenvalue weighted by Crippen LogP contribution is 2.66. The number of aliphatic hydroxyl groups is 1. The first-order chi connectivity index (χ1) is 14.8. The first kappa shape index (κ1) is 23.6. The predicted molar refractivity (Wildman–Crippen MR) is 122 cm³/mol. The molecule has 0 radical (unpaired) electrons. The van der Waals surface area contributed by atoms with Crippen molar-refractivity contribution in [1.29, 1.82) is 0 Å². The summed E-state index contributed by atoms with van der Waals surface area (Å²) in [5.74, 6) is 2.02. The van der Waals surface area contributed by atoms with Crippen LogP contribution in [0, 0.1) is 28.6 Å². The fourth-order valence-corrected chi connectivity index (χ4v) is 9.58. The first-order valence-corrected chi connectivity index (χ1v) is 13.4. The minimum atomic E-state index is -0.275. The van der Waals surface area contributed by atoms with E-state index in [9.17, 15) is 14.7 Å². The predicted octanol–water partition coefficient (Wildman–Crippen LogP) is 4.39. The number of hydrogen-bond donors (Lipinski definition) is 1. The molecule has 4 fully saturated rings. The van der Waals surface area contributed by atoms with Gasteiger partial charge in [0, 0.05) is 42.3 Å². The van der Waals surface area contributed by atoms with Crippen molar-refractivity contribution >= 4 is 24.0 Å². The molecule has 9 atom stereocenters. The number of rotatable bonds is 7. The van der Waals surface area contributed by atoms with Crippen LogP contribution in [0.15, 0.2) is 0 Å². The summed E-state index contributed by atoms with van der Waals surface area (Å²) >= 11 is 1.93. The van der Waals surface area contributed by atoms with Crippen molar-refractivity contribution in [2.24, 2.45) is 28.6 Å². The van der Waals surface area contributed by atoms with Crippen molar-refractivity contribution in [3.63, 3.8) is 0 Å². The lowest BCUT2D eigenvalue weighted by atomic mass is 9.46. The third-order valence-corrected chi connectivity index (χ3v) is 11.0. The number of hydrogen-bond acceptors (Lipinski definition) is 6. The Labute approximate surface area is 191 Å². The Morgan fingerprint density at radius 3 is 2.68 bits per heavy atom. The van der Waals surface area contributed by atoms with Gasteiger partial charge in [0.15, 0.2) is 0 Å². The smallest absolute Gasteiger partial charge is 0.302 e. The van der Waals surface area contributed by atoms with E-state index in [-0.39, 0.29) is 29.0 Å². The van der Waals surface area contributed by atoms with Crippen LogP contribution in [0.2, 0.25) is 0 Å². The van der Waals surface area contributed by atoms with Gasteiger partial charge in [-0.05, 0) is 68.6 Å². The van der Waals surface area contributed by atoms with Crippen LogP contribution in [0.4, 0.5) is 0 Å². The fourth-order valence-electron chi connectivity index (χ4n) is 7.50. The number of aliphatic hydroxyl groups excluding tert-OH is 1. The minimum absolute atomic E-state index is 0.0243. The second-order valence-electron chi connectivity index (χ2n) is 11.0. The van der Waals surface area contributed by atoms with Gasteiger partial charge in [-0.25, -0.2) is 0 Å². The van der Waals surface area contributed by atoms with Crippen LogP contribution in [0.5, 0.6) is 0 Å². The molecule has 1 saturated heterocycles. The number of aldehydes is 1. The maximum absolute atomic E-state index is 11.7. The Bertz CT molecular complexity index is 670. The summed E-state index contributed by atoms with van der Waals surface area (Å²) < 4.78 is 11.9. The molecule has 0 amide bonds. The molecule has 0 spiro atoms. The Morgan fingerprint density at radius 2 is 1.94 bits per heavy atom. The van der Waals surface area contributed by atoms with Crippen molar-refractivity contribution in [1.82, 2.24) is 0 Å². The van der Waals surface area contributed by atoms with Crippen LogP contribution in [0.3, 0.4) is 0 Å². The van der Waals surface area contributed by atoms with Gasteiger partial charge in [-0.1, -0.05) is 13.8 Å². The molecule has 0 bridgehead atoms. The maximum Gasteiger partial charge on any atom is 0.302 e. The molecule has 4 aliphatic rings. The molecular formula is C25H40O5S. The van der Waals surface area contributed by atoms with Gasteiger partial charge in [0.2, 0.25) is 0 Å². The zero-order chi connectivity index (χ0) is 22.2. The molecule has 1 N–H and O–H groups in total. The molecule has 3 aliphatic carbocycles. The van der Waals surface area contributed by atoms with Gasteiger partial charge in [-0.3, -0.25) is 4.79 Å². The number of carbonyl (C=O) groups excluding carboxylic acids is 2. The quantitative estimate of drug-likeness (QED) is 0.351. The third-order valence-electron chi connectivity index (χ3n) is 9.30. The Balaban J connectivity index is 1.42. The van der Waals surface area contributed by atoms with E-state index >= 15 is 0 Å². The maximum atomic E-state index is 11.7. The van der Waals surface area contributed by atoms with Gasteiger partial charge in [0.1, 0.15) is 12.4 Å². The molecule has 31 heavy (non-hydrogen) atoms. The second kappa shape index (κ2) is 9.34. The zero-order valence-electron chi connectivity index (χ0n) is 19.4. The molecule has 0 aromatic heterocycles. The summed E-state index contributed by atoms with van der Waals surface area (Å²) in [6, 6.07) is 0. The standard InChI is InChI=1S/C25H40O5S/c1-16(27)30-21-15-31-23-22-19(8-10-25(21,23)3)24(2)9-7-18(13-17(24)14-20(22)28)29-12-6-4-5-11-26/h11,17-23,28H,4-10,12-15H2,1-3H3/t17?,18-,19?,20-,21-,22?,23?,24-,25+/m0/s1. The number of ether oxygens (including phenoxy) is 2. The normalized spacial score (nSPS) is 46.5. The van der Waals surface area contributed by atoms with Crippen LogP contribution >= 0.6 is 11.8 Å². The van der Waals surface area contributed by atoms with E-state index in [1.54, 1.807) is 0 Å². The van der Waals surface area contributed by atoms with Crippen molar-refractivity contribution in [3.05, 3.63) is 0 Å². The zero-order valence-corrected chi connectivity index (χ0v) is 20.2. The lowest BCUT2D eigenvalue weighted by Crippen LogP contribution is -2.60.